The van der Waals surface area contributed by atoms with Crippen LogP contribution in [0.15, 0.2) is 0 Å². The van der Waals surface area contributed by atoms with Crippen LogP contribution < -0.4 is 5.73 Å². The standard InChI is InChI=1S/C14H26N2O2.2ClH/c1-11(17)18-8-4-2-3-7-16-13-5-6-14(16)10-12(15)9-13;;/h12-14H,2-10,15H2,1H3;2*1H/t12?,13-,14+;;. The van der Waals surface area contributed by atoms with Crippen molar-refractivity contribution in [2.45, 2.75) is 70.0 Å². The second kappa shape index (κ2) is 9.82. The number of fused-ring (bicyclic) bond motifs is 2. The van der Waals surface area contributed by atoms with Gasteiger partial charge in [-0.15, -0.1) is 24.8 Å². The third kappa shape index (κ3) is 5.76. The lowest BCUT2D eigenvalue weighted by molar-refractivity contribution is -0.141. The SMILES string of the molecule is CC(=O)OCCCCCN1[C@@H]2CC[C@H]1CC(N)C2.Cl.Cl. The average molecular weight is 327 g/mol. The van der Waals surface area contributed by atoms with E-state index in [1.54, 1.807) is 0 Å². The van der Waals surface area contributed by atoms with Gasteiger partial charge in [0.05, 0.1) is 6.61 Å². The molecule has 2 heterocycles. The number of carbonyl (C=O) groups is 1. The minimum atomic E-state index is -0.168. The molecule has 1 unspecified atom stereocenters. The molecule has 6 heteroatoms. The molecule has 120 valence electrons. The number of rotatable bonds is 6. The van der Waals surface area contributed by atoms with Crippen LogP contribution in [0.1, 0.15) is 51.9 Å². The number of nitrogens with two attached hydrogens (primary N) is 1. The van der Waals surface area contributed by atoms with Gasteiger partial charge in [-0.25, -0.2) is 0 Å². The highest BCUT2D eigenvalue weighted by molar-refractivity contribution is 5.85. The van der Waals surface area contributed by atoms with Crippen molar-refractivity contribution in [3.63, 3.8) is 0 Å². The van der Waals surface area contributed by atoms with E-state index in [2.05, 4.69) is 4.90 Å². The quantitative estimate of drug-likeness (QED) is 0.602. The first-order valence-corrected chi connectivity index (χ1v) is 7.31. The van der Waals surface area contributed by atoms with E-state index < -0.39 is 0 Å². The Kier molecular flexibility index (Phi) is 9.81. The van der Waals surface area contributed by atoms with Crippen molar-refractivity contribution in [1.29, 1.82) is 0 Å². The van der Waals surface area contributed by atoms with Crippen LogP contribution in [0.3, 0.4) is 0 Å². The highest BCUT2D eigenvalue weighted by Crippen LogP contribution is 2.35. The summed E-state index contributed by atoms with van der Waals surface area (Å²) in [7, 11) is 0. The highest BCUT2D eigenvalue weighted by atomic mass is 35.5. The number of nitrogens with zero attached hydrogens (tertiary/aromatic N) is 1. The van der Waals surface area contributed by atoms with Crippen LogP contribution >= 0.6 is 24.8 Å². The zero-order chi connectivity index (χ0) is 13.0. The molecule has 0 aromatic carbocycles. The van der Waals surface area contributed by atoms with Crippen LogP contribution in [0, 0.1) is 0 Å². The van der Waals surface area contributed by atoms with Crippen LogP contribution in [0.2, 0.25) is 0 Å². The maximum absolute atomic E-state index is 10.6. The third-order valence-corrected chi connectivity index (χ3v) is 4.29. The number of esters is 1. The normalized spacial score (nSPS) is 28.4. The molecule has 0 amide bonds. The van der Waals surface area contributed by atoms with Gasteiger partial charge in [0.1, 0.15) is 0 Å². The lowest BCUT2D eigenvalue weighted by Gasteiger charge is -2.37. The molecule has 2 aliphatic rings. The maximum atomic E-state index is 10.6. The summed E-state index contributed by atoms with van der Waals surface area (Å²) in [4.78, 5) is 13.3. The Morgan fingerprint density at radius 2 is 1.75 bits per heavy atom. The van der Waals surface area contributed by atoms with E-state index in [9.17, 15) is 4.79 Å². The molecule has 2 aliphatic heterocycles. The summed E-state index contributed by atoms with van der Waals surface area (Å²) in [5.74, 6) is -0.168. The molecule has 0 aromatic rings. The third-order valence-electron chi connectivity index (χ3n) is 4.29. The summed E-state index contributed by atoms with van der Waals surface area (Å²) < 4.78 is 4.93. The van der Waals surface area contributed by atoms with Gasteiger partial charge >= 0.3 is 5.97 Å². The Bertz CT molecular complexity index is 278. The largest absolute Gasteiger partial charge is 0.466 e. The fourth-order valence-corrected chi connectivity index (χ4v) is 3.47. The molecule has 0 aromatic heterocycles. The molecule has 0 spiro atoms. The molecule has 3 atom stereocenters. The number of hydrogen-bond donors (Lipinski definition) is 1. The van der Waals surface area contributed by atoms with Crippen molar-refractivity contribution < 1.29 is 9.53 Å². The van der Waals surface area contributed by atoms with E-state index in [1.807, 2.05) is 0 Å². The van der Waals surface area contributed by atoms with E-state index in [0.717, 1.165) is 24.9 Å². The van der Waals surface area contributed by atoms with Crippen LogP contribution in [-0.4, -0.2) is 42.1 Å². The second-order valence-electron chi connectivity index (χ2n) is 5.76. The van der Waals surface area contributed by atoms with Crippen LogP contribution in [0.25, 0.3) is 0 Å². The van der Waals surface area contributed by atoms with Crippen molar-refractivity contribution in [3.05, 3.63) is 0 Å². The van der Waals surface area contributed by atoms with Crippen molar-refractivity contribution >= 4 is 30.8 Å². The van der Waals surface area contributed by atoms with Crippen molar-refractivity contribution in [2.24, 2.45) is 5.73 Å². The minimum absolute atomic E-state index is 0. The van der Waals surface area contributed by atoms with Gasteiger partial charge in [-0.3, -0.25) is 9.69 Å². The lowest BCUT2D eigenvalue weighted by Crippen LogP contribution is -2.47. The van der Waals surface area contributed by atoms with Gasteiger partial charge in [0.15, 0.2) is 0 Å². The van der Waals surface area contributed by atoms with E-state index >= 15 is 0 Å². The predicted molar refractivity (Wildman–Crippen MR) is 85.7 cm³/mol. The zero-order valence-corrected chi connectivity index (χ0v) is 13.9. The molecule has 2 saturated heterocycles. The summed E-state index contributed by atoms with van der Waals surface area (Å²) in [6.07, 6.45) is 8.40. The minimum Gasteiger partial charge on any atom is -0.466 e. The van der Waals surface area contributed by atoms with E-state index in [-0.39, 0.29) is 30.8 Å². The second-order valence-corrected chi connectivity index (χ2v) is 5.76. The van der Waals surface area contributed by atoms with Gasteiger partial charge in [-0.1, -0.05) is 0 Å². The molecular formula is C14H28Cl2N2O2. The molecule has 2 fully saturated rings. The van der Waals surface area contributed by atoms with Crippen LogP contribution in [-0.2, 0) is 9.53 Å². The number of ether oxygens (including phenoxy) is 1. The van der Waals surface area contributed by atoms with Crippen LogP contribution in [0.4, 0.5) is 0 Å². The van der Waals surface area contributed by atoms with Gasteiger partial charge in [-0.2, -0.15) is 0 Å². The Labute approximate surface area is 134 Å². The molecule has 2 rings (SSSR count). The fourth-order valence-electron chi connectivity index (χ4n) is 3.47. The number of hydrogen-bond acceptors (Lipinski definition) is 4. The average Bonchev–Trinajstić information content (AvgIpc) is 2.56. The first kappa shape index (κ1) is 20.0. The molecule has 0 saturated carbocycles. The first-order chi connectivity index (χ1) is 8.66. The molecule has 0 aliphatic carbocycles. The lowest BCUT2D eigenvalue weighted by atomic mass is 9.98. The van der Waals surface area contributed by atoms with E-state index in [0.29, 0.717) is 12.6 Å². The van der Waals surface area contributed by atoms with Crippen molar-refractivity contribution in [2.75, 3.05) is 13.2 Å². The van der Waals surface area contributed by atoms with Gasteiger partial charge in [0.2, 0.25) is 0 Å². The predicted octanol–water partition coefficient (Wildman–Crippen LogP) is 2.52. The van der Waals surface area contributed by atoms with Gasteiger partial charge in [-0.05, 0) is 51.5 Å². The summed E-state index contributed by atoms with van der Waals surface area (Å²) in [5.41, 5.74) is 6.07. The van der Waals surface area contributed by atoms with E-state index in [1.165, 1.54) is 45.6 Å². The van der Waals surface area contributed by atoms with Crippen molar-refractivity contribution in [3.8, 4) is 0 Å². The maximum Gasteiger partial charge on any atom is 0.302 e. The monoisotopic (exact) mass is 326 g/mol. The summed E-state index contributed by atoms with van der Waals surface area (Å²) in [6, 6.07) is 1.92. The highest BCUT2D eigenvalue weighted by Gasteiger charge is 2.38. The van der Waals surface area contributed by atoms with Crippen LogP contribution in [0.5, 0.6) is 0 Å². The number of unbranched alkanes of at least 4 members (excludes halogenated alkanes) is 2. The van der Waals surface area contributed by atoms with Gasteiger partial charge in [0.25, 0.3) is 0 Å². The number of halogens is 2. The molecule has 2 N–H and O–H groups in total. The smallest absolute Gasteiger partial charge is 0.302 e. The fraction of sp³-hybridized carbons (Fsp3) is 0.929. The Hall–Kier alpha value is -0.0300. The summed E-state index contributed by atoms with van der Waals surface area (Å²) in [5, 5.41) is 0. The van der Waals surface area contributed by atoms with Gasteiger partial charge in [0, 0.05) is 25.0 Å². The number of carbonyl (C=O) groups excluding carboxylic acids is 1. The summed E-state index contributed by atoms with van der Waals surface area (Å²) >= 11 is 0. The molecule has 2 bridgehead atoms. The molecular weight excluding hydrogens is 299 g/mol. The van der Waals surface area contributed by atoms with Crippen molar-refractivity contribution in [1.82, 2.24) is 4.90 Å². The Morgan fingerprint density at radius 1 is 1.15 bits per heavy atom. The molecule has 20 heavy (non-hydrogen) atoms. The molecule has 0 radical (unpaired) electrons. The summed E-state index contributed by atoms with van der Waals surface area (Å²) in [6.45, 7) is 3.24. The zero-order valence-electron chi connectivity index (χ0n) is 12.3. The topological polar surface area (TPSA) is 55.6 Å². The van der Waals surface area contributed by atoms with E-state index in [4.69, 9.17) is 10.5 Å². The van der Waals surface area contributed by atoms with Gasteiger partial charge < -0.3 is 10.5 Å². The Morgan fingerprint density at radius 3 is 2.30 bits per heavy atom. The molecule has 4 nitrogen and oxygen atoms in total. The Balaban J connectivity index is 0.00000180. The number of piperidine rings is 1. The first-order valence-electron chi connectivity index (χ1n) is 7.31.